The van der Waals surface area contributed by atoms with Gasteiger partial charge >= 0.3 is 0 Å². The predicted octanol–water partition coefficient (Wildman–Crippen LogP) is 3.25. The second-order valence-electron chi connectivity index (χ2n) is 9.08. The third-order valence-corrected chi connectivity index (χ3v) is 7.89. The van der Waals surface area contributed by atoms with Crippen LogP contribution in [-0.4, -0.2) is 35.9 Å². The van der Waals surface area contributed by atoms with Crippen LogP contribution in [0.4, 0.5) is 5.69 Å². The zero-order chi connectivity index (χ0) is 23.8. The van der Waals surface area contributed by atoms with Gasteiger partial charge in [0.25, 0.3) is 11.5 Å². The summed E-state index contributed by atoms with van der Waals surface area (Å²) in [7, 11) is 0. The topological polar surface area (TPSA) is 72.6 Å². The molecule has 0 radical (unpaired) electrons. The Labute approximate surface area is 214 Å². The number of nitrogens with one attached hydrogen (secondary N) is 2. The molecule has 6 nitrogen and oxygen atoms in total. The first-order chi connectivity index (χ1) is 16.4. The number of piperidine rings is 1. The number of rotatable bonds is 5. The van der Waals surface area contributed by atoms with Crippen LogP contribution in [0.3, 0.4) is 0 Å². The molecule has 5 rings (SSSR count). The molecule has 174 valence electrons. The lowest BCUT2D eigenvalue weighted by Gasteiger charge is -2.40. The number of carbonyl (C=O) groups is 2. The summed E-state index contributed by atoms with van der Waals surface area (Å²) < 4.78 is 3.38. The number of benzene rings is 2. The zero-order valence-electron chi connectivity index (χ0n) is 18.4. The van der Waals surface area contributed by atoms with Gasteiger partial charge < -0.3 is 14.8 Å². The van der Waals surface area contributed by atoms with Gasteiger partial charge in [0.1, 0.15) is 0 Å². The SMILES string of the molecule is O=C(C[NH+]1CC2CC(C1)c1cccc(=O)n1C2)Nc1ccc(Br)cc1C(=O)c1ccccc1Br. The van der Waals surface area contributed by atoms with Crippen LogP contribution in [0.25, 0.3) is 0 Å². The van der Waals surface area contributed by atoms with E-state index in [1.54, 1.807) is 24.3 Å². The van der Waals surface area contributed by atoms with Crippen LogP contribution < -0.4 is 15.8 Å². The van der Waals surface area contributed by atoms with Crippen molar-refractivity contribution in [1.82, 2.24) is 4.57 Å². The number of quaternary nitrogens is 1. The number of nitrogens with zero attached hydrogens (tertiary/aromatic N) is 1. The molecule has 1 saturated heterocycles. The molecular formula is C26H24Br2N3O3+. The van der Waals surface area contributed by atoms with E-state index in [-0.39, 0.29) is 23.2 Å². The maximum Gasteiger partial charge on any atom is 0.279 e. The molecule has 3 heterocycles. The van der Waals surface area contributed by atoms with Gasteiger partial charge in [-0.2, -0.15) is 0 Å². The molecule has 1 fully saturated rings. The van der Waals surface area contributed by atoms with Crippen LogP contribution in [0, 0.1) is 5.92 Å². The minimum absolute atomic E-state index is 0.0610. The van der Waals surface area contributed by atoms with Crippen LogP contribution in [0.15, 0.2) is 74.4 Å². The number of amides is 1. The highest BCUT2D eigenvalue weighted by Gasteiger charge is 2.37. The first kappa shape index (κ1) is 23.2. The average Bonchev–Trinajstić information content (AvgIpc) is 2.81. The molecule has 1 aromatic heterocycles. The number of likely N-dealkylation sites (tertiary alicyclic amines) is 1. The summed E-state index contributed by atoms with van der Waals surface area (Å²) in [5.41, 5.74) is 2.62. The van der Waals surface area contributed by atoms with Crippen LogP contribution in [0.1, 0.15) is 34.0 Å². The third-order valence-electron chi connectivity index (χ3n) is 6.70. The predicted molar refractivity (Wildman–Crippen MR) is 137 cm³/mol. The van der Waals surface area contributed by atoms with Crippen molar-refractivity contribution >= 4 is 49.2 Å². The number of hydrogen-bond acceptors (Lipinski definition) is 3. The van der Waals surface area contributed by atoms with Crippen molar-refractivity contribution < 1.29 is 14.5 Å². The lowest BCUT2D eigenvalue weighted by atomic mass is 9.83. The van der Waals surface area contributed by atoms with Gasteiger partial charge in [0.15, 0.2) is 12.3 Å². The fourth-order valence-corrected chi connectivity index (χ4v) is 6.12. The summed E-state index contributed by atoms with van der Waals surface area (Å²) in [5, 5.41) is 2.98. The van der Waals surface area contributed by atoms with Crippen molar-refractivity contribution in [3.8, 4) is 0 Å². The van der Waals surface area contributed by atoms with Crippen molar-refractivity contribution in [2.45, 2.75) is 18.9 Å². The van der Waals surface area contributed by atoms with E-state index in [0.717, 1.165) is 29.7 Å². The Morgan fingerprint density at radius 3 is 2.65 bits per heavy atom. The van der Waals surface area contributed by atoms with Crippen molar-refractivity contribution in [2.24, 2.45) is 5.92 Å². The summed E-state index contributed by atoms with van der Waals surface area (Å²) >= 11 is 6.89. The molecule has 2 bridgehead atoms. The number of fused-ring (bicyclic) bond motifs is 4. The second kappa shape index (κ2) is 9.60. The van der Waals surface area contributed by atoms with Gasteiger partial charge in [-0.25, -0.2) is 0 Å². The van der Waals surface area contributed by atoms with Crippen molar-refractivity contribution in [1.29, 1.82) is 0 Å². The number of pyridine rings is 1. The normalized spacial score (nSPS) is 20.9. The van der Waals surface area contributed by atoms with Gasteiger partial charge in [-0.1, -0.05) is 50.1 Å². The van der Waals surface area contributed by atoms with Gasteiger partial charge in [-0.05, 0) is 42.8 Å². The quantitative estimate of drug-likeness (QED) is 0.452. The largest absolute Gasteiger partial charge is 0.326 e. The summed E-state index contributed by atoms with van der Waals surface area (Å²) in [6.45, 7) is 2.71. The first-order valence-corrected chi connectivity index (χ1v) is 12.9. The summed E-state index contributed by atoms with van der Waals surface area (Å²) in [5.74, 6) is 0.383. The van der Waals surface area contributed by atoms with E-state index in [0.29, 0.717) is 40.3 Å². The highest BCUT2D eigenvalue weighted by Crippen LogP contribution is 2.30. The Hall–Kier alpha value is -2.55. The number of aromatic nitrogens is 1. The van der Waals surface area contributed by atoms with Gasteiger partial charge in [-0.15, -0.1) is 0 Å². The molecule has 0 aliphatic carbocycles. The molecule has 2 N–H and O–H groups in total. The van der Waals surface area contributed by atoms with Crippen molar-refractivity contribution in [3.63, 3.8) is 0 Å². The molecule has 3 unspecified atom stereocenters. The average molecular weight is 586 g/mol. The Kier molecular flexibility index (Phi) is 6.55. The van der Waals surface area contributed by atoms with E-state index in [2.05, 4.69) is 37.2 Å². The van der Waals surface area contributed by atoms with Crippen LogP contribution in [-0.2, 0) is 11.3 Å². The molecule has 8 heteroatoms. The third kappa shape index (κ3) is 4.67. The number of hydrogen-bond donors (Lipinski definition) is 2. The standard InChI is InChI=1S/C26H23Br2N3O3/c27-18-8-9-22(20(11-18)26(34)19-4-1-2-5-21(19)28)29-24(32)15-30-12-16-10-17(14-30)23-6-3-7-25(33)31(23)13-16/h1-9,11,16-17H,10,12-15H2,(H,29,32)/p+1. The van der Waals surface area contributed by atoms with E-state index in [4.69, 9.17) is 0 Å². The van der Waals surface area contributed by atoms with Crippen molar-refractivity contribution in [2.75, 3.05) is 25.0 Å². The second-order valence-corrected chi connectivity index (χ2v) is 10.9. The summed E-state index contributed by atoms with van der Waals surface area (Å²) in [4.78, 5) is 39.8. The maximum atomic E-state index is 13.3. The van der Waals surface area contributed by atoms with E-state index in [1.165, 1.54) is 4.90 Å². The monoisotopic (exact) mass is 584 g/mol. The van der Waals surface area contributed by atoms with E-state index in [9.17, 15) is 14.4 Å². The fraction of sp³-hybridized carbons (Fsp3) is 0.269. The van der Waals surface area contributed by atoms with Gasteiger partial charge in [0.2, 0.25) is 0 Å². The Morgan fingerprint density at radius 1 is 1.00 bits per heavy atom. The lowest BCUT2D eigenvalue weighted by molar-refractivity contribution is -0.903. The highest BCUT2D eigenvalue weighted by molar-refractivity contribution is 9.10. The smallest absolute Gasteiger partial charge is 0.279 e. The minimum Gasteiger partial charge on any atom is -0.326 e. The van der Waals surface area contributed by atoms with Crippen molar-refractivity contribution in [3.05, 3.63) is 96.8 Å². The van der Waals surface area contributed by atoms with Gasteiger partial charge in [-0.3, -0.25) is 14.4 Å². The van der Waals surface area contributed by atoms with E-state index >= 15 is 0 Å². The van der Waals surface area contributed by atoms with Crippen LogP contribution in [0.5, 0.6) is 0 Å². The molecule has 2 aliphatic heterocycles. The molecule has 1 amide bonds. The maximum absolute atomic E-state index is 13.3. The molecular weight excluding hydrogens is 562 g/mol. The number of anilines is 1. The first-order valence-electron chi connectivity index (χ1n) is 11.3. The van der Waals surface area contributed by atoms with Crippen LogP contribution in [0.2, 0.25) is 0 Å². The summed E-state index contributed by atoms with van der Waals surface area (Å²) in [6.07, 6.45) is 1.06. The Bertz CT molecular complexity index is 1340. The highest BCUT2D eigenvalue weighted by atomic mass is 79.9. The van der Waals surface area contributed by atoms with Crippen LogP contribution >= 0.6 is 31.9 Å². The molecule has 2 aromatic carbocycles. The Balaban J connectivity index is 1.32. The molecule has 3 atom stereocenters. The molecule has 0 spiro atoms. The number of carbonyl (C=O) groups excluding carboxylic acids is 2. The number of halogens is 2. The van der Waals surface area contributed by atoms with E-state index in [1.807, 2.05) is 41.0 Å². The zero-order valence-corrected chi connectivity index (χ0v) is 21.6. The molecule has 0 saturated carbocycles. The molecule has 3 aromatic rings. The fourth-order valence-electron chi connectivity index (χ4n) is 5.29. The minimum atomic E-state index is -0.161. The molecule has 34 heavy (non-hydrogen) atoms. The van der Waals surface area contributed by atoms with Gasteiger partial charge in [0, 0.05) is 50.2 Å². The van der Waals surface area contributed by atoms with E-state index < -0.39 is 0 Å². The summed E-state index contributed by atoms with van der Waals surface area (Å²) in [6, 6.07) is 18.1. The van der Waals surface area contributed by atoms with Gasteiger partial charge in [0.05, 0.1) is 18.8 Å². The lowest BCUT2D eigenvalue weighted by Crippen LogP contribution is -3.15. The molecule has 2 aliphatic rings. The Morgan fingerprint density at radius 2 is 1.82 bits per heavy atom. The number of ketones is 1.